The number of esters is 3. The predicted molar refractivity (Wildman–Crippen MR) is 126 cm³/mol. The highest BCUT2D eigenvalue weighted by Gasteiger charge is 2.31. The molecule has 2 unspecified atom stereocenters. The summed E-state index contributed by atoms with van der Waals surface area (Å²) in [6.45, 7) is 15.8. The lowest BCUT2D eigenvalue weighted by Crippen LogP contribution is -2.56. The van der Waals surface area contributed by atoms with Crippen molar-refractivity contribution in [2.75, 3.05) is 19.8 Å². The number of hydrogen-bond donors (Lipinski definition) is 3. The van der Waals surface area contributed by atoms with Gasteiger partial charge in [-0.1, -0.05) is 26.3 Å². The molecule has 0 bridgehead atoms. The number of carbonyl (C=O) groups is 6. The average Bonchev–Trinajstić information content (AvgIpc) is 2.82. The fourth-order valence-electron chi connectivity index (χ4n) is 2.01. The number of carbonyl (C=O) groups excluding carboxylic acids is 6. The van der Waals surface area contributed by atoms with Crippen molar-refractivity contribution in [1.29, 1.82) is 0 Å². The summed E-state index contributed by atoms with van der Waals surface area (Å²) in [4.78, 5) is 70.9. The molecule has 3 amide bonds. The molecule has 3 N–H and O–H groups in total. The van der Waals surface area contributed by atoms with Gasteiger partial charge in [0.15, 0.2) is 0 Å². The van der Waals surface area contributed by atoms with Crippen LogP contribution in [0.5, 0.6) is 0 Å². The number of alkyl carbamates (subject to hydrolysis) is 1. The van der Waals surface area contributed by atoms with Gasteiger partial charge in [0.2, 0.25) is 24.3 Å². The van der Waals surface area contributed by atoms with Crippen LogP contribution in [0.4, 0.5) is 4.79 Å². The van der Waals surface area contributed by atoms with Crippen LogP contribution in [-0.2, 0) is 42.9 Å². The zero-order valence-electron chi connectivity index (χ0n) is 20.3. The molecule has 13 heteroatoms. The van der Waals surface area contributed by atoms with Gasteiger partial charge >= 0.3 is 24.0 Å². The first-order valence-corrected chi connectivity index (χ1v) is 10.6. The molecule has 0 aromatic rings. The molecule has 13 nitrogen and oxygen atoms in total. The topological polar surface area (TPSA) is 175 Å². The molecule has 2 atom stereocenters. The molecule has 0 radical (unpaired) electrons. The standard InChI is InChI=1S/C23H31N3O10/c1-7-16(27)25-19(35-18(29)10-9-12-33-21(30)14(3)4)20(26-17(28)8-2)36-23(32)24-11-13-34-22(31)15(5)6/h7-8,19-20H,1-3,5,9-13H2,4,6H3,(H,24,32)(H,25,27)(H,26,28). The fraction of sp³-hybridized carbons (Fsp3) is 0.391. The van der Waals surface area contributed by atoms with Crippen LogP contribution in [0.15, 0.2) is 49.6 Å². The van der Waals surface area contributed by atoms with Crippen molar-refractivity contribution in [1.82, 2.24) is 16.0 Å². The first kappa shape index (κ1) is 31.6. The Labute approximate surface area is 208 Å². The van der Waals surface area contributed by atoms with Gasteiger partial charge in [-0.15, -0.1) is 0 Å². The van der Waals surface area contributed by atoms with Crippen LogP contribution in [0.2, 0.25) is 0 Å². The van der Waals surface area contributed by atoms with E-state index in [2.05, 4.69) is 42.3 Å². The number of rotatable bonds is 16. The van der Waals surface area contributed by atoms with Gasteiger partial charge in [-0.2, -0.15) is 0 Å². The molecular formula is C23H31N3O10. The summed E-state index contributed by atoms with van der Waals surface area (Å²) in [5.41, 5.74) is 0.358. The molecule has 198 valence electrons. The lowest BCUT2D eigenvalue weighted by molar-refractivity contribution is -0.162. The second-order valence-electron chi connectivity index (χ2n) is 7.02. The van der Waals surface area contributed by atoms with Gasteiger partial charge in [-0.05, 0) is 32.4 Å². The second kappa shape index (κ2) is 17.1. The number of amides is 3. The van der Waals surface area contributed by atoms with E-state index in [1.807, 2.05) is 0 Å². The maximum absolute atomic E-state index is 12.3. The molecule has 0 aromatic carbocycles. The summed E-state index contributed by atoms with van der Waals surface area (Å²) in [6, 6.07) is 0. The molecule has 0 heterocycles. The summed E-state index contributed by atoms with van der Waals surface area (Å²) in [7, 11) is 0. The maximum atomic E-state index is 12.3. The minimum absolute atomic E-state index is 0.0773. The fourth-order valence-corrected chi connectivity index (χ4v) is 2.01. The largest absolute Gasteiger partial charge is 0.462 e. The minimum atomic E-state index is -1.69. The van der Waals surface area contributed by atoms with Crippen LogP contribution in [0.1, 0.15) is 26.7 Å². The quantitative estimate of drug-likeness (QED) is 0.0875. The summed E-state index contributed by atoms with van der Waals surface area (Å²) < 4.78 is 19.9. The van der Waals surface area contributed by atoms with Crippen molar-refractivity contribution in [2.24, 2.45) is 0 Å². The Balaban J connectivity index is 5.20. The van der Waals surface area contributed by atoms with E-state index in [9.17, 15) is 28.8 Å². The van der Waals surface area contributed by atoms with Crippen molar-refractivity contribution in [2.45, 2.75) is 39.1 Å². The molecule has 0 aliphatic carbocycles. The second-order valence-corrected chi connectivity index (χ2v) is 7.02. The summed E-state index contributed by atoms with van der Waals surface area (Å²) in [5, 5.41) is 6.69. The van der Waals surface area contributed by atoms with Crippen LogP contribution in [0.25, 0.3) is 0 Å². The van der Waals surface area contributed by atoms with Gasteiger partial charge in [0.25, 0.3) is 0 Å². The summed E-state index contributed by atoms with van der Waals surface area (Å²) in [5.74, 6) is -3.78. The molecule has 0 spiro atoms. The Morgan fingerprint density at radius 3 is 1.72 bits per heavy atom. The van der Waals surface area contributed by atoms with E-state index in [1.165, 1.54) is 13.8 Å². The minimum Gasteiger partial charge on any atom is -0.462 e. The third-order valence-corrected chi connectivity index (χ3v) is 3.77. The van der Waals surface area contributed by atoms with Gasteiger partial charge < -0.3 is 34.9 Å². The van der Waals surface area contributed by atoms with Crippen LogP contribution in [-0.4, -0.2) is 68.0 Å². The van der Waals surface area contributed by atoms with Gasteiger partial charge in [0.1, 0.15) is 6.61 Å². The van der Waals surface area contributed by atoms with Gasteiger partial charge in [0, 0.05) is 17.6 Å². The Hall–Kier alpha value is -4.42. The normalized spacial score (nSPS) is 11.4. The van der Waals surface area contributed by atoms with Crippen molar-refractivity contribution < 1.29 is 47.7 Å². The average molecular weight is 510 g/mol. The number of ether oxygens (including phenoxy) is 4. The molecule has 0 aliphatic rings. The predicted octanol–water partition coefficient (Wildman–Crippen LogP) is 0.531. The number of hydrogen-bond acceptors (Lipinski definition) is 10. The lowest BCUT2D eigenvalue weighted by Gasteiger charge is -2.27. The Morgan fingerprint density at radius 1 is 0.778 bits per heavy atom. The van der Waals surface area contributed by atoms with Crippen molar-refractivity contribution in [3.05, 3.63) is 49.6 Å². The van der Waals surface area contributed by atoms with Gasteiger partial charge in [-0.25, -0.2) is 14.4 Å². The first-order valence-electron chi connectivity index (χ1n) is 10.6. The van der Waals surface area contributed by atoms with Crippen LogP contribution >= 0.6 is 0 Å². The van der Waals surface area contributed by atoms with Gasteiger partial charge in [-0.3, -0.25) is 14.4 Å². The zero-order valence-corrected chi connectivity index (χ0v) is 20.3. The van der Waals surface area contributed by atoms with Crippen molar-refractivity contribution in [3.63, 3.8) is 0 Å². The highest BCUT2D eigenvalue weighted by atomic mass is 16.6. The maximum Gasteiger partial charge on any atom is 0.409 e. The van der Waals surface area contributed by atoms with E-state index in [0.29, 0.717) is 0 Å². The molecule has 0 aromatic heterocycles. The van der Waals surface area contributed by atoms with Crippen molar-refractivity contribution in [3.8, 4) is 0 Å². The third kappa shape index (κ3) is 14.0. The highest BCUT2D eigenvalue weighted by molar-refractivity contribution is 5.89. The van der Waals surface area contributed by atoms with Gasteiger partial charge in [0.05, 0.1) is 13.2 Å². The summed E-state index contributed by atoms with van der Waals surface area (Å²) in [6.07, 6.45) is -2.91. The molecule has 0 rings (SSSR count). The summed E-state index contributed by atoms with van der Waals surface area (Å²) >= 11 is 0. The molecule has 36 heavy (non-hydrogen) atoms. The molecule has 0 fully saturated rings. The van der Waals surface area contributed by atoms with Crippen LogP contribution < -0.4 is 16.0 Å². The van der Waals surface area contributed by atoms with E-state index in [4.69, 9.17) is 18.9 Å². The Kier molecular flexibility index (Phi) is 15.0. The molecular weight excluding hydrogens is 478 g/mol. The Bertz CT molecular complexity index is 825. The van der Waals surface area contributed by atoms with Crippen molar-refractivity contribution >= 4 is 35.8 Å². The third-order valence-electron chi connectivity index (χ3n) is 3.77. The first-order chi connectivity index (χ1) is 16.9. The van der Waals surface area contributed by atoms with E-state index in [-0.39, 0.29) is 43.7 Å². The highest BCUT2D eigenvalue weighted by Crippen LogP contribution is 2.05. The monoisotopic (exact) mass is 509 g/mol. The number of nitrogens with one attached hydrogen (secondary N) is 3. The molecule has 0 saturated carbocycles. The molecule has 0 saturated heterocycles. The lowest BCUT2D eigenvalue weighted by atomic mass is 10.3. The molecule has 0 aliphatic heterocycles. The van der Waals surface area contributed by atoms with E-state index < -0.39 is 48.3 Å². The van der Waals surface area contributed by atoms with Crippen LogP contribution in [0.3, 0.4) is 0 Å². The van der Waals surface area contributed by atoms with E-state index in [0.717, 1.165) is 12.2 Å². The Morgan fingerprint density at radius 2 is 1.25 bits per heavy atom. The smallest absolute Gasteiger partial charge is 0.409 e. The van der Waals surface area contributed by atoms with E-state index >= 15 is 0 Å². The zero-order chi connectivity index (χ0) is 27.7. The SMILES string of the molecule is C=CC(=O)NC(OC(=O)CCCOC(=O)C(=C)C)C(NC(=O)C=C)OC(=O)NCCOC(=O)C(=C)C. The van der Waals surface area contributed by atoms with Crippen LogP contribution in [0, 0.1) is 0 Å². The van der Waals surface area contributed by atoms with E-state index in [1.54, 1.807) is 0 Å².